The van der Waals surface area contributed by atoms with E-state index in [1.807, 2.05) is 0 Å². The van der Waals surface area contributed by atoms with Gasteiger partial charge in [-0.25, -0.2) is 9.37 Å². The van der Waals surface area contributed by atoms with Crippen LogP contribution in [0.1, 0.15) is 33.3 Å². The Balaban J connectivity index is 1.87. The van der Waals surface area contributed by atoms with Crippen LogP contribution < -0.4 is 10.3 Å². The highest BCUT2D eigenvalue weighted by atomic mass is 35.5. The van der Waals surface area contributed by atoms with E-state index >= 15 is 0 Å². The lowest BCUT2D eigenvalue weighted by Crippen LogP contribution is -2.29. The zero-order valence-corrected chi connectivity index (χ0v) is 16.6. The zero-order chi connectivity index (χ0) is 20.3. The Morgan fingerprint density at radius 1 is 1.24 bits per heavy atom. The molecule has 5 rings (SSSR count). The number of amides is 1. The van der Waals surface area contributed by atoms with Gasteiger partial charge in [0, 0.05) is 22.2 Å². The topological polar surface area (TPSA) is 63.4 Å². The third-order valence-electron chi connectivity index (χ3n) is 4.98. The fourth-order valence-electron chi connectivity index (χ4n) is 3.62. The van der Waals surface area contributed by atoms with E-state index < -0.39 is 23.2 Å². The molecule has 1 aliphatic rings. The minimum Gasteiger partial charge on any atom is -0.450 e. The second-order valence-corrected chi connectivity index (χ2v) is 7.97. The summed E-state index contributed by atoms with van der Waals surface area (Å²) in [5.41, 5.74) is 0.846. The third-order valence-corrected chi connectivity index (χ3v) is 6.15. The van der Waals surface area contributed by atoms with Crippen LogP contribution >= 0.6 is 22.9 Å². The first kappa shape index (κ1) is 18.0. The summed E-state index contributed by atoms with van der Waals surface area (Å²) in [7, 11) is 0. The van der Waals surface area contributed by atoms with Crippen LogP contribution in [0.2, 0.25) is 5.02 Å². The van der Waals surface area contributed by atoms with Gasteiger partial charge < -0.3 is 4.42 Å². The van der Waals surface area contributed by atoms with Crippen LogP contribution in [0.3, 0.4) is 0 Å². The zero-order valence-electron chi connectivity index (χ0n) is 15.0. The molecule has 2 aromatic heterocycles. The maximum absolute atomic E-state index is 14.7. The Morgan fingerprint density at radius 3 is 2.76 bits per heavy atom. The summed E-state index contributed by atoms with van der Waals surface area (Å²) in [4.78, 5) is 32.2. The Bertz CT molecular complexity index is 1350. The molecular weight excluding hydrogens is 415 g/mol. The average molecular weight is 427 g/mol. The minimum absolute atomic E-state index is 0.0859. The Morgan fingerprint density at radius 2 is 2.03 bits per heavy atom. The van der Waals surface area contributed by atoms with Crippen molar-refractivity contribution in [1.29, 1.82) is 0 Å². The molecule has 0 saturated carbocycles. The molecule has 2 aromatic carbocycles. The predicted octanol–water partition coefficient (Wildman–Crippen LogP) is 5.10. The second-order valence-electron chi connectivity index (χ2n) is 6.69. The van der Waals surface area contributed by atoms with Crippen molar-refractivity contribution in [2.45, 2.75) is 13.0 Å². The van der Waals surface area contributed by atoms with Crippen LogP contribution in [0.5, 0.6) is 0 Å². The SMILES string of the molecule is Cc1cc2oc3c(c(=O)c2cc1Cl)C(c1ccccc1F)N(c1nccs1)C3=O. The number of aromatic nitrogens is 1. The van der Waals surface area contributed by atoms with Gasteiger partial charge in [-0.1, -0.05) is 29.8 Å². The molecule has 1 atom stereocenters. The average Bonchev–Trinajstić information content (AvgIpc) is 3.31. The van der Waals surface area contributed by atoms with E-state index in [4.69, 9.17) is 16.0 Å². The molecule has 144 valence electrons. The van der Waals surface area contributed by atoms with Crippen LogP contribution in [0, 0.1) is 12.7 Å². The first-order valence-electron chi connectivity index (χ1n) is 8.71. The highest BCUT2D eigenvalue weighted by Crippen LogP contribution is 2.42. The maximum atomic E-state index is 14.7. The van der Waals surface area contributed by atoms with E-state index in [-0.39, 0.29) is 27.9 Å². The number of fused-ring (bicyclic) bond motifs is 2. The molecule has 0 spiro atoms. The van der Waals surface area contributed by atoms with Crippen LogP contribution in [0.15, 0.2) is 57.2 Å². The number of nitrogens with zero attached hydrogens (tertiary/aromatic N) is 2. The third kappa shape index (κ3) is 2.62. The lowest BCUT2D eigenvalue weighted by atomic mass is 9.98. The van der Waals surface area contributed by atoms with E-state index in [0.717, 1.165) is 5.56 Å². The summed E-state index contributed by atoms with van der Waals surface area (Å²) >= 11 is 7.42. The van der Waals surface area contributed by atoms with E-state index in [0.29, 0.717) is 10.2 Å². The van der Waals surface area contributed by atoms with Gasteiger partial charge in [-0.15, -0.1) is 11.3 Å². The summed E-state index contributed by atoms with van der Waals surface area (Å²) in [6, 6.07) is 8.21. The van der Waals surface area contributed by atoms with Crippen molar-refractivity contribution >= 4 is 44.9 Å². The number of rotatable bonds is 2. The fraction of sp³-hybridized carbons (Fsp3) is 0.0952. The smallest absolute Gasteiger partial charge is 0.297 e. The summed E-state index contributed by atoms with van der Waals surface area (Å²) in [5.74, 6) is -1.16. The number of carbonyl (C=O) groups is 1. The van der Waals surface area contributed by atoms with Crippen molar-refractivity contribution in [1.82, 2.24) is 4.98 Å². The highest BCUT2D eigenvalue weighted by Gasteiger charge is 2.45. The van der Waals surface area contributed by atoms with Crippen molar-refractivity contribution in [3.05, 3.63) is 91.5 Å². The summed E-state index contributed by atoms with van der Waals surface area (Å²) in [6.07, 6.45) is 1.55. The van der Waals surface area contributed by atoms with Crippen molar-refractivity contribution < 1.29 is 13.6 Å². The molecule has 29 heavy (non-hydrogen) atoms. The minimum atomic E-state index is -0.981. The fourth-order valence-corrected chi connectivity index (χ4v) is 4.45. The number of thiazole rings is 1. The Labute approximate surface area is 173 Å². The van der Waals surface area contributed by atoms with E-state index in [1.165, 1.54) is 28.4 Å². The van der Waals surface area contributed by atoms with Crippen LogP contribution in [-0.4, -0.2) is 10.9 Å². The predicted molar refractivity (Wildman–Crippen MR) is 109 cm³/mol. The van der Waals surface area contributed by atoms with Gasteiger partial charge in [0.25, 0.3) is 5.91 Å². The second kappa shape index (κ2) is 6.50. The first-order valence-corrected chi connectivity index (χ1v) is 9.97. The molecule has 5 nitrogen and oxygen atoms in total. The van der Waals surface area contributed by atoms with Crippen LogP contribution in [-0.2, 0) is 0 Å². The molecular formula is C21H12ClFN2O3S. The first-order chi connectivity index (χ1) is 14.0. The van der Waals surface area contributed by atoms with Crippen molar-refractivity contribution in [2.75, 3.05) is 4.90 Å². The van der Waals surface area contributed by atoms with E-state index in [2.05, 4.69) is 4.98 Å². The lowest BCUT2D eigenvalue weighted by Gasteiger charge is -2.22. The van der Waals surface area contributed by atoms with Gasteiger partial charge in [-0.3, -0.25) is 14.5 Å². The number of anilines is 1. The molecule has 0 N–H and O–H groups in total. The molecule has 1 aliphatic heterocycles. The normalized spacial score (nSPS) is 15.9. The number of halogens is 2. The number of aryl methyl sites for hydroxylation is 1. The summed E-state index contributed by atoms with van der Waals surface area (Å²) in [5, 5.41) is 2.72. The number of hydrogen-bond donors (Lipinski definition) is 0. The lowest BCUT2D eigenvalue weighted by molar-refractivity contribution is 0.0970. The van der Waals surface area contributed by atoms with Crippen LogP contribution in [0.25, 0.3) is 11.0 Å². The van der Waals surface area contributed by atoms with Gasteiger partial charge in [0.1, 0.15) is 17.4 Å². The van der Waals surface area contributed by atoms with Gasteiger partial charge in [-0.05, 0) is 30.7 Å². The van der Waals surface area contributed by atoms with E-state index in [9.17, 15) is 14.0 Å². The number of benzene rings is 2. The van der Waals surface area contributed by atoms with Gasteiger partial charge in [0.15, 0.2) is 10.6 Å². The molecule has 0 aliphatic carbocycles. The summed E-state index contributed by atoms with van der Waals surface area (Å²) in [6.45, 7) is 1.78. The highest BCUT2D eigenvalue weighted by molar-refractivity contribution is 7.13. The van der Waals surface area contributed by atoms with Crippen LogP contribution in [0.4, 0.5) is 9.52 Å². The van der Waals surface area contributed by atoms with Crippen molar-refractivity contribution in [3.63, 3.8) is 0 Å². The van der Waals surface area contributed by atoms with Crippen molar-refractivity contribution in [2.24, 2.45) is 0 Å². The summed E-state index contributed by atoms with van der Waals surface area (Å²) < 4.78 is 20.6. The number of carbonyl (C=O) groups excluding carboxylic acids is 1. The largest absolute Gasteiger partial charge is 0.450 e. The number of hydrogen-bond acceptors (Lipinski definition) is 5. The van der Waals surface area contributed by atoms with E-state index in [1.54, 1.807) is 42.8 Å². The van der Waals surface area contributed by atoms with Gasteiger partial charge in [-0.2, -0.15) is 0 Å². The quantitative estimate of drug-likeness (QED) is 0.447. The Hall–Kier alpha value is -3.03. The van der Waals surface area contributed by atoms with Gasteiger partial charge in [0.2, 0.25) is 5.76 Å². The molecule has 0 saturated heterocycles. The molecule has 1 unspecified atom stereocenters. The molecule has 3 heterocycles. The molecule has 8 heteroatoms. The van der Waals surface area contributed by atoms with Crippen molar-refractivity contribution in [3.8, 4) is 0 Å². The van der Waals surface area contributed by atoms with Gasteiger partial charge >= 0.3 is 0 Å². The molecule has 0 radical (unpaired) electrons. The molecule has 0 bridgehead atoms. The monoisotopic (exact) mass is 426 g/mol. The molecule has 0 fully saturated rings. The molecule has 1 amide bonds. The van der Waals surface area contributed by atoms with Gasteiger partial charge in [0.05, 0.1) is 10.9 Å². The Kier molecular flexibility index (Phi) is 4.04. The molecule has 4 aromatic rings. The standard InChI is InChI=1S/C21H12ClFN2O3S/c1-10-8-15-12(9-13(10)22)18(26)16-17(11-4-2-3-5-14(11)23)25(20(27)19(16)28-15)21-24-6-7-29-21/h2-9,17H,1H3. The maximum Gasteiger partial charge on any atom is 0.297 e.